The van der Waals surface area contributed by atoms with E-state index in [-0.39, 0.29) is 10.2 Å². The fraction of sp³-hybridized carbons (Fsp3) is 1.00. The molecule has 0 aliphatic heterocycles. The predicted octanol–water partition coefficient (Wildman–Crippen LogP) is 1.64. The smallest absolute Gasteiger partial charge is 0.120 e. The van der Waals surface area contributed by atoms with E-state index in [9.17, 15) is 5.21 Å². The van der Waals surface area contributed by atoms with Crippen molar-refractivity contribution in [2.45, 2.75) is 33.2 Å². The normalized spacial score (nSPS) is 19.3. The van der Waals surface area contributed by atoms with Gasteiger partial charge in [-0.2, -0.15) is 4.65 Å². The van der Waals surface area contributed by atoms with Crippen molar-refractivity contribution in [1.82, 2.24) is 0 Å². The van der Waals surface area contributed by atoms with E-state index in [1.165, 1.54) is 0 Å². The van der Waals surface area contributed by atoms with Gasteiger partial charge in [0.05, 0.1) is 7.05 Å². The Bertz CT molecular complexity index is 91.6. The van der Waals surface area contributed by atoms with Crippen LogP contribution in [0.25, 0.3) is 0 Å². The van der Waals surface area contributed by atoms with E-state index in [0.29, 0.717) is 0 Å². The highest BCUT2D eigenvalue weighted by atomic mass is 16.5. The van der Waals surface area contributed by atoms with E-state index in [2.05, 4.69) is 0 Å². The molecule has 0 aromatic carbocycles. The van der Waals surface area contributed by atoms with Crippen LogP contribution in [0.5, 0.6) is 0 Å². The van der Waals surface area contributed by atoms with Gasteiger partial charge in [0.1, 0.15) is 12.1 Å². The minimum Gasteiger partial charge on any atom is -0.217 e. The summed E-state index contributed by atoms with van der Waals surface area (Å²) in [6, 6.07) is 0. The van der Waals surface area contributed by atoms with Crippen molar-refractivity contribution in [1.29, 1.82) is 0 Å². The molecule has 0 aromatic heterocycles. The van der Waals surface area contributed by atoms with Crippen LogP contribution in [-0.2, 0) is 0 Å². The molecule has 1 N–H and O–H groups in total. The zero-order valence-corrected chi connectivity index (χ0v) is 7.10. The SMILES string of the molecule is CC[N+](C)(O)C(C)(C)C. The summed E-state index contributed by atoms with van der Waals surface area (Å²) < 4.78 is 0.0903. The van der Waals surface area contributed by atoms with Crippen LogP contribution >= 0.6 is 0 Å². The first-order chi connectivity index (χ1) is 3.81. The highest BCUT2D eigenvalue weighted by molar-refractivity contribution is 4.56. The van der Waals surface area contributed by atoms with Crippen molar-refractivity contribution in [3.8, 4) is 0 Å². The third-order valence-corrected chi connectivity index (χ3v) is 2.06. The van der Waals surface area contributed by atoms with Gasteiger partial charge in [0.15, 0.2) is 0 Å². The Morgan fingerprint density at radius 3 is 1.67 bits per heavy atom. The molecule has 56 valence electrons. The maximum absolute atomic E-state index is 9.60. The molecule has 0 aromatic rings. The van der Waals surface area contributed by atoms with E-state index in [1.807, 2.05) is 34.7 Å². The van der Waals surface area contributed by atoms with Crippen LogP contribution in [-0.4, -0.2) is 29.0 Å². The lowest BCUT2D eigenvalue weighted by Crippen LogP contribution is -2.54. The molecule has 2 heteroatoms. The Morgan fingerprint density at radius 1 is 1.33 bits per heavy atom. The van der Waals surface area contributed by atoms with Gasteiger partial charge in [-0.15, -0.1) is 0 Å². The van der Waals surface area contributed by atoms with Crippen LogP contribution in [0, 0.1) is 0 Å². The first-order valence-corrected chi connectivity index (χ1v) is 3.39. The number of quaternary nitrogens is 1. The predicted molar refractivity (Wildman–Crippen MR) is 38.3 cm³/mol. The topological polar surface area (TPSA) is 20.2 Å². The summed E-state index contributed by atoms with van der Waals surface area (Å²) in [5, 5.41) is 9.60. The second kappa shape index (κ2) is 2.27. The molecular formula is C7H18NO+. The Kier molecular flexibility index (Phi) is 2.25. The fourth-order valence-electron chi connectivity index (χ4n) is 0.474. The summed E-state index contributed by atoms with van der Waals surface area (Å²) in [6.45, 7) is 8.80. The summed E-state index contributed by atoms with van der Waals surface area (Å²) >= 11 is 0. The second-order valence-corrected chi connectivity index (χ2v) is 3.63. The van der Waals surface area contributed by atoms with Crippen molar-refractivity contribution in [2.24, 2.45) is 0 Å². The molecule has 0 bridgehead atoms. The quantitative estimate of drug-likeness (QED) is 0.425. The number of nitrogens with zero attached hydrogens (tertiary/aromatic N) is 1. The molecule has 0 spiro atoms. The molecule has 1 atom stereocenters. The Hall–Kier alpha value is -0.0800. The van der Waals surface area contributed by atoms with Gasteiger partial charge in [0.25, 0.3) is 0 Å². The lowest BCUT2D eigenvalue weighted by atomic mass is 10.1. The van der Waals surface area contributed by atoms with Gasteiger partial charge >= 0.3 is 0 Å². The van der Waals surface area contributed by atoms with Crippen LogP contribution in [0.4, 0.5) is 0 Å². The Morgan fingerprint density at radius 2 is 1.67 bits per heavy atom. The fourth-order valence-corrected chi connectivity index (χ4v) is 0.474. The largest absolute Gasteiger partial charge is 0.217 e. The minimum absolute atomic E-state index is 0.0608. The van der Waals surface area contributed by atoms with Crippen molar-refractivity contribution in [3.63, 3.8) is 0 Å². The van der Waals surface area contributed by atoms with E-state index in [1.54, 1.807) is 0 Å². The van der Waals surface area contributed by atoms with Crippen LogP contribution in [0.2, 0.25) is 0 Å². The van der Waals surface area contributed by atoms with E-state index in [0.717, 1.165) is 6.54 Å². The average Bonchev–Trinajstić information content (AvgIpc) is 1.64. The summed E-state index contributed by atoms with van der Waals surface area (Å²) in [5.41, 5.74) is -0.0608. The average molecular weight is 132 g/mol. The lowest BCUT2D eigenvalue weighted by Gasteiger charge is -2.36. The molecule has 2 nitrogen and oxygen atoms in total. The van der Waals surface area contributed by atoms with Gasteiger partial charge in [-0.25, -0.2) is 5.21 Å². The molecule has 0 heterocycles. The first kappa shape index (κ1) is 8.92. The van der Waals surface area contributed by atoms with Crippen LogP contribution in [0.15, 0.2) is 0 Å². The number of hydrogen-bond donors (Lipinski definition) is 1. The molecule has 0 aliphatic rings. The number of rotatable bonds is 1. The van der Waals surface area contributed by atoms with Crippen LogP contribution in [0.3, 0.4) is 0 Å². The van der Waals surface area contributed by atoms with Gasteiger partial charge in [0.2, 0.25) is 0 Å². The van der Waals surface area contributed by atoms with Crippen LogP contribution in [0.1, 0.15) is 27.7 Å². The molecule has 9 heavy (non-hydrogen) atoms. The Balaban J connectivity index is 4.14. The summed E-state index contributed by atoms with van der Waals surface area (Å²) in [4.78, 5) is 0. The molecule has 0 fully saturated rings. The van der Waals surface area contributed by atoms with Crippen molar-refractivity contribution >= 4 is 0 Å². The molecular weight excluding hydrogens is 114 g/mol. The van der Waals surface area contributed by atoms with Gasteiger partial charge < -0.3 is 0 Å². The van der Waals surface area contributed by atoms with Gasteiger partial charge in [-0.05, 0) is 27.7 Å². The van der Waals surface area contributed by atoms with Crippen molar-refractivity contribution in [3.05, 3.63) is 0 Å². The third-order valence-electron chi connectivity index (χ3n) is 2.06. The molecule has 0 saturated carbocycles. The molecule has 0 amide bonds. The van der Waals surface area contributed by atoms with Gasteiger partial charge in [-0.1, -0.05) is 0 Å². The summed E-state index contributed by atoms with van der Waals surface area (Å²) in [7, 11) is 1.82. The molecule has 0 saturated heterocycles. The zero-order chi connectivity index (χ0) is 7.71. The molecule has 1 unspecified atom stereocenters. The maximum atomic E-state index is 9.60. The minimum atomic E-state index is -0.0608. The standard InChI is InChI=1S/C7H18NO/c1-6-8(5,9)7(2,3)4/h9H,6H2,1-5H3/q+1. The van der Waals surface area contributed by atoms with Gasteiger partial charge in [0, 0.05) is 0 Å². The van der Waals surface area contributed by atoms with E-state index in [4.69, 9.17) is 0 Å². The number of hydrogen-bond acceptors (Lipinski definition) is 1. The summed E-state index contributed by atoms with van der Waals surface area (Å²) in [6.07, 6.45) is 0. The summed E-state index contributed by atoms with van der Waals surface area (Å²) in [5.74, 6) is 0. The van der Waals surface area contributed by atoms with Gasteiger partial charge in [-0.3, -0.25) is 0 Å². The van der Waals surface area contributed by atoms with E-state index < -0.39 is 0 Å². The molecule has 0 rings (SSSR count). The zero-order valence-electron chi connectivity index (χ0n) is 7.10. The maximum Gasteiger partial charge on any atom is 0.120 e. The van der Waals surface area contributed by atoms with Crippen molar-refractivity contribution < 1.29 is 9.85 Å². The van der Waals surface area contributed by atoms with E-state index >= 15 is 0 Å². The monoisotopic (exact) mass is 132 g/mol. The highest BCUT2D eigenvalue weighted by Gasteiger charge is 2.32. The second-order valence-electron chi connectivity index (χ2n) is 3.63. The van der Waals surface area contributed by atoms with Crippen LogP contribution < -0.4 is 0 Å². The highest BCUT2D eigenvalue weighted by Crippen LogP contribution is 2.17. The molecule has 0 aliphatic carbocycles. The Labute approximate surface area is 57.6 Å². The lowest BCUT2D eigenvalue weighted by molar-refractivity contribution is -1.12. The third kappa shape index (κ3) is 1.95. The van der Waals surface area contributed by atoms with Crippen molar-refractivity contribution in [2.75, 3.05) is 13.6 Å². The molecule has 0 radical (unpaired) electrons. The first-order valence-electron chi connectivity index (χ1n) is 3.39. The number of hydroxylamine groups is 3.